The first-order chi connectivity index (χ1) is 10.9. The number of halogens is 3. The zero-order valence-corrected chi connectivity index (χ0v) is 11.6. The molecule has 120 valence electrons. The van der Waals surface area contributed by atoms with Gasteiger partial charge in [0.1, 0.15) is 11.4 Å². The van der Waals surface area contributed by atoms with Crippen LogP contribution in [-0.4, -0.2) is 21.4 Å². The first-order valence-corrected chi connectivity index (χ1v) is 6.61. The number of nitrogens with one attached hydrogen (secondary N) is 3. The molecule has 9 heteroatoms. The van der Waals surface area contributed by atoms with Gasteiger partial charge in [-0.25, -0.2) is 0 Å². The molecule has 0 saturated carbocycles. The molecule has 0 aliphatic carbocycles. The van der Waals surface area contributed by atoms with Gasteiger partial charge in [-0.15, -0.1) is 0 Å². The van der Waals surface area contributed by atoms with E-state index in [-0.39, 0.29) is 16.9 Å². The lowest BCUT2D eigenvalue weighted by Crippen LogP contribution is -2.28. The summed E-state index contributed by atoms with van der Waals surface area (Å²) < 4.78 is 37.7. The van der Waals surface area contributed by atoms with Gasteiger partial charge < -0.3 is 16.0 Å². The molecule has 2 aromatic heterocycles. The molecule has 5 N–H and O–H groups in total. The maximum Gasteiger partial charge on any atom is 0.407 e. The summed E-state index contributed by atoms with van der Waals surface area (Å²) in [4.78, 5) is 14.3. The van der Waals surface area contributed by atoms with Crippen molar-refractivity contribution >= 4 is 22.4 Å². The highest BCUT2D eigenvalue weighted by molar-refractivity contribution is 5.90. The van der Waals surface area contributed by atoms with Gasteiger partial charge in [0.25, 0.3) is 5.56 Å². The lowest BCUT2D eigenvalue weighted by Gasteiger charge is -2.16. The summed E-state index contributed by atoms with van der Waals surface area (Å²) in [5.74, 6) is 0.287. The molecule has 2 heterocycles. The van der Waals surface area contributed by atoms with Gasteiger partial charge in [-0.1, -0.05) is 12.1 Å². The van der Waals surface area contributed by atoms with Crippen molar-refractivity contribution in [1.29, 1.82) is 0 Å². The number of pyridine rings is 1. The molecule has 3 rings (SSSR count). The molecular weight excluding hydrogens is 311 g/mol. The fraction of sp³-hybridized carbons (Fsp3) is 0.143. The lowest BCUT2D eigenvalue weighted by atomic mass is 10.1. The minimum atomic E-state index is -4.50. The topological polar surface area (TPSA) is 99.6 Å². The predicted molar refractivity (Wildman–Crippen MR) is 79.4 cm³/mol. The van der Waals surface area contributed by atoms with Crippen LogP contribution in [0.5, 0.6) is 0 Å². The van der Waals surface area contributed by atoms with E-state index >= 15 is 0 Å². The third-order valence-electron chi connectivity index (χ3n) is 3.37. The highest BCUT2D eigenvalue weighted by Crippen LogP contribution is 2.31. The van der Waals surface area contributed by atoms with Gasteiger partial charge in [0, 0.05) is 11.9 Å². The number of fused-ring (bicyclic) bond motifs is 1. The van der Waals surface area contributed by atoms with Crippen molar-refractivity contribution in [3.05, 3.63) is 52.4 Å². The Morgan fingerprint density at radius 2 is 1.87 bits per heavy atom. The standard InChI is InChI=1S/C14H12F3N5O/c15-14(16,17)11(18)7-1-3-8(4-2-7)20-12-10-9(21-22-12)5-6-19-13(10)23/h1-6,11H,18H2,(H,19,23)(H2,20,21,22). The second kappa shape index (κ2) is 5.43. The summed E-state index contributed by atoms with van der Waals surface area (Å²) in [6, 6.07) is 5.06. The van der Waals surface area contributed by atoms with Crippen LogP contribution in [-0.2, 0) is 0 Å². The quantitative estimate of drug-likeness (QED) is 0.595. The van der Waals surface area contributed by atoms with Crippen molar-refractivity contribution in [3.8, 4) is 0 Å². The van der Waals surface area contributed by atoms with Crippen LogP contribution in [0.1, 0.15) is 11.6 Å². The maximum absolute atomic E-state index is 12.6. The van der Waals surface area contributed by atoms with Crippen molar-refractivity contribution in [2.24, 2.45) is 5.73 Å². The Balaban J connectivity index is 1.87. The van der Waals surface area contributed by atoms with E-state index in [1.54, 1.807) is 6.07 Å². The number of H-pyrrole nitrogens is 2. The molecule has 0 saturated heterocycles. The van der Waals surface area contributed by atoms with Crippen LogP contribution in [0.3, 0.4) is 0 Å². The van der Waals surface area contributed by atoms with Crippen molar-refractivity contribution in [2.75, 3.05) is 5.32 Å². The Bertz CT molecular complexity index is 882. The Hall–Kier alpha value is -2.81. The first-order valence-electron chi connectivity index (χ1n) is 6.61. The smallest absolute Gasteiger partial charge is 0.338 e. The van der Waals surface area contributed by atoms with Gasteiger partial charge in [-0.05, 0) is 23.8 Å². The maximum atomic E-state index is 12.6. The molecule has 3 aromatic rings. The fourth-order valence-corrected chi connectivity index (χ4v) is 2.17. The normalized spacial score (nSPS) is 13.2. The summed E-state index contributed by atoms with van der Waals surface area (Å²) in [5, 5.41) is 9.91. The first kappa shape index (κ1) is 15.1. The Labute approximate surface area is 127 Å². The number of nitrogens with zero attached hydrogens (tertiary/aromatic N) is 1. The average molecular weight is 323 g/mol. The molecule has 0 bridgehead atoms. The predicted octanol–water partition coefficient (Wildman–Crippen LogP) is 2.56. The number of anilines is 2. The van der Waals surface area contributed by atoms with Gasteiger partial charge >= 0.3 is 6.18 Å². The van der Waals surface area contributed by atoms with E-state index in [0.717, 1.165) is 0 Å². The third-order valence-corrected chi connectivity index (χ3v) is 3.37. The van der Waals surface area contributed by atoms with Crippen LogP contribution < -0.4 is 16.6 Å². The van der Waals surface area contributed by atoms with Crippen molar-refractivity contribution < 1.29 is 13.2 Å². The van der Waals surface area contributed by atoms with E-state index in [4.69, 9.17) is 5.73 Å². The molecular formula is C14H12F3N5O. The Kier molecular flexibility index (Phi) is 3.57. The molecule has 0 radical (unpaired) electrons. The van der Waals surface area contributed by atoms with Crippen LogP contribution >= 0.6 is 0 Å². The number of hydrogen-bond acceptors (Lipinski definition) is 4. The summed E-state index contributed by atoms with van der Waals surface area (Å²) in [6.07, 6.45) is -3.01. The van der Waals surface area contributed by atoms with Crippen molar-refractivity contribution in [1.82, 2.24) is 15.2 Å². The van der Waals surface area contributed by atoms with E-state index in [0.29, 0.717) is 16.6 Å². The molecule has 0 amide bonds. The van der Waals surface area contributed by atoms with Crippen LogP contribution in [0, 0.1) is 0 Å². The van der Waals surface area contributed by atoms with Crippen LogP contribution in [0.25, 0.3) is 10.9 Å². The molecule has 1 unspecified atom stereocenters. The second-order valence-corrected chi connectivity index (χ2v) is 4.93. The Morgan fingerprint density at radius 3 is 2.52 bits per heavy atom. The highest BCUT2D eigenvalue weighted by atomic mass is 19.4. The minimum absolute atomic E-state index is 0.0483. The summed E-state index contributed by atoms with van der Waals surface area (Å²) in [6.45, 7) is 0. The molecule has 23 heavy (non-hydrogen) atoms. The van der Waals surface area contributed by atoms with Gasteiger partial charge in [0.05, 0.1) is 5.52 Å². The number of aromatic amines is 2. The molecule has 0 spiro atoms. The van der Waals surface area contributed by atoms with Crippen LogP contribution in [0.4, 0.5) is 24.7 Å². The number of benzene rings is 1. The van der Waals surface area contributed by atoms with Gasteiger partial charge in [0.2, 0.25) is 0 Å². The van der Waals surface area contributed by atoms with Crippen molar-refractivity contribution in [2.45, 2.75) is 12.2 Å². The van der Waals surface area contributed by atoms with Crippen LogP contribution in [0.15, 0.2) is 41.3 Å². The second-order valence-electron chi connectivity index (χ2n) is 4.93. The number of aromatic nitrogens is 3. The van der Waals surface area contributed by atoms with Crippen LogP contribution in [0.2, 0.25) is 0 Å². The minimum Gasteiger partial charge on any atom is -0.338 e. The largest absolute Gasteiger partial charge is 0.407 e. The molecule has 1 atom stereocenters. The number of alkyl halides is 3. The summed E-state index contributed by atoms with van der Waals surface area (Å²) >= 11 is 0. The lowest BCUT2D eigenvalue weighted by molar-refractivity contribution is -0.149. The van der Waals surface area contributed by atoms with E-state index in [2.05, 4.69) is 20.5 Å². The third kappa shape index (κ3) is 2.90. The average Bonchev–Trinajstić information content (AvgIpc) is 2.91. The number of rotatable bonds is 3. The molecule has 1 aromatic carbocycles. The molecule has 6 nitrogen and oxygen atoms in total. The molecule has 0 fully saturated rings. The zero-order valence-electron chi connectivity index (χ0n) is 11.6. The van der Waals surface area contributed by atoms with E-state index in [9.17, 15) is 18.0 Å². The molecule has 0 aliphatic heterocycles. The fourth-order valence-electron chi connectivity index (χ4n) is 2.17. The number of hydrogen-bond donors (Lipinski definition) is 4. The van der Waals surface area contributed by atoms with Gasteiger partial charge in [-0.3, -0.25) is 9.89 Å². The Morgan fingerprint density at radius 1 is 1.17 bits per heavy atom. The summed E-state index contributed by atoms with van der Waals surface area (Å²) in [5.41, 5.74) is 5.81. The summed E-state index contributed by atoms with van der Waals surface area (Å²) in [7, 11) is 0. The van der Waals surface area contributed by atoms with Crippen molar-refractivity contribution in [3.63, 3.8) is 0 Å². The monoisotopic (exact) mass is 323 g/mol. The zero-order chi connectivity index (χ0) is 16.6. The van der Waals surface area contributed by atoms with Gasteiger partial charge in [-0.2, -0.15) is 18.3 Å². The molecule has 0 aliphatic rings. The van der Waals surface area contributed by atoms with E-state index < -0.39 is 12.2 Å². The van der Waals surface area contributed by atoms with E-state index in [1.807, 2.05) is 0 Å². The highest BCUT2D eigenvalue weighted by Gasteiger charge is 2.37. The van der Waals surface area contributed by atoms with Gasteiger partial charge in [0.15, 0.2) is 5.82 Å². The van der Waals surface area contributed by atoms with E-state index in [1.165, 1.54) is 30.5 Å². The SMILES string of the molecule is NC(c1ccc(Nc2n[nH]c3cc[nH]c(=O)c23)cc1)C(F)(F)F. The number of nitrogens with two attached hydrogens (primary N) is 1.